The van der Waals surface area contributed by atoms with Gasteiger partial charge in [0.05, 0.1) is 5.69 Å². The summed E-state index contributed by atoms with van der Waals surface area (Å²) in [7, 11) is 1.86. The van der Waals surface area contributed by atoms with Crippen molar-refractivity contribution < 1.29 is 9.59 Å². The molecular weight excluding hydrogens is 240 g/mol. The molecule has 1 unspecified atom stereocenters. The molecule has 1 saturated heterocycles. The lowest BCUT2D eigenvalue weighted by Gasteiger charge is -2.24. The third-order valence-corrected chi connectivity index (χ3v) is 3.52. The molecule has 0 saturated carbocycles. The number of thiazole rings is 1. The molecule has 0 aromatic carbocycles. The van der Waals surface area contributed by atoms with Gasteiger partial charge in [-0.1, -0.05) is 0 Å². The second-order valence-corrected chi connectivity index (χ2v) is 4.73. The van der Waals surface area contributed by atoms with E-state index in [1.165, 1.54) is 11.3 Å². The second-order valence-electron chi connectivity index (χ2n) is 3.89. The number of carbonyl (C=O) groups excluding carboxylic acids is 2. The number of imide groups is 1. The van der Waals surface area contributed by atoms with E-state index in [4.69, 9.17) is 0 Å². The van der Waals surface area contributed by atoms with Gasteiger partial charge in [-0.15, -0.1) is 11.3 Å². The quantitative estimate of drug-likeness (QED) is 0.736. The van der Waals surface area contributed by atoms with Crippen LogP contribution in [0.2, 0.25) is 0 Å². The molecule has 17 heavy (non-hydrogen) atoms. The number of carbonyl (C=O) groups is 2. The number of hydrogen-bond acceptors (Lipinski definition) is 6. The van der Waals surface area contributed by atoms with Crippen LogP contribution in [0.5, 0.6) is 0 Å². The smallest absolute Gasteiger partial charge is 0.246 e. The van der Waals surface area contributed by atoms with Crippen LogP contribution in [0.4, 0.5) is 5.13 Å². The second kappa shape index (κ2) is 4.80. The molecule has 1 atom stereocenters. The first-order valence-corrected chi connectivity index (χ1v) is 6.18. The Bertz CT molecular complexity index is 429. The van der Waals surface area contributed by atoms with E-state index in [1.54, 1.807) is 4.90 Å². The molecule has 0 bridgehead atoms. The van der Waals surface area contributed by atoms with Crippen molar-refractivity contribution >= 4 is 28.3 Å². The molecule has 2 heterocycles. The fourth-order valence-electron chi connectivity index (χ4n) is 1.54. The summed E-state index contributed by atoms with van der Waals surface area (Å²) in [5.74, 6) is -0.556. The van der Waals surface area contributed by atoms with Crippen LogP contribution < -0.4 is 15.5 Å². The van der Waals surface area contributed by atoms with Crippen LogP contribution in [0, 0.1) is 0 Å². The first kappa shape index (κ1) is 12.0. The van der Waals surface area contributed by atoms with Crippen LogP contribution in [0.3, 0.4) is 0 Å². The number of anilines is 1. The molecule has 1 aromatic rings. The number of nitrogens with zero attached hydrogens (tertiary/aromatic N) is 2. The Morgan fingerprint density at radius 1 is 1.47 bits per heavy atom. The molecule has 92 valence electrons. The van der Waals surface area contributed by atoms with Gasteiger partial charge in [-0.3, -0.25) is 14.9 Å². The Balaban J connectivity index is 2.14. The average molecular weight is 254 g/mol. The lowest BCUT2D eigenvalue weighted by molar-refractivity contribution is -0.130. The number of rotatable bonds is 3. The van der Waals surface area contributed by atoms with Gasteiger partial charge in [-0.25, -0.2) is 4.98 Å². The SMILES string of the molecule is CNC(C)c1csc(N2CC(=O)NC(=O)C2)n1. The normalized spacial score (nSPS) is 18.1. The van der Waals surface area contributed by atoms with E-state index < -0.39 is 0 Å². The predicted octanol–water partition coefficient (Wildman–Crippen LogP) is -0.114. The standard InChI is InChI=1S/C10H14N4O2S/c1-6(11-2)7-5-17-10(12-7)14-3-8(15)13-9(16)4-14/h5-6,11H,3-4H2,1-2H3,(H,13,15,16). The third kappa shape index (κ3) is 2.62. The van der Waals surface area contributed by atoms with E-state index in [0.29, 0.717) is 5.13 Å². The zero-order valence-electron chi connectivity index (χ0n) is 9.69. The van der Waals surface area contributed by atoms with Crippen molar-refractivity contribution in [3.8, 4) is 0 Å². The highest BCUT2D eigenvalue weighted by molar-refractivity contribution is 7.13. The molecule has 2 rings (SSSR count). The number of piperazine rings is 1. The molecule has 7 heteroatoms. The van der Waals surface area contributed by atoms with E-state index in [9.17, 15) is 9.59 Å². The maximum atomic E-state index is 11.2. The fourth-order valence-corrected chi connectivity index (χ4v) is 2.46. The average Bonchev–Trinajstić information content (AvgIpc) is 2.76. The van der Waals surface area contributed by atoms with Crippen molar-refractivity contribution in [1.82, 2.24) is 15.6 Å². The zero-order chi connectivity index (χ0) is 12.4. The highest BCUT2D eigenvalue weighted by Crippen LogP contribution is 2.24. The molecule has 1 aromatic heterocycles. The molecular formula is C10H14N4O2S. The Hall–Kier alpha value is -1.47. The van der Waals surface area contributed by atoms with Gasteiger partial charge in [-0.2, -0.15) is 0 Å². The Labute approximate surface area is 103 Å². The summed E-state index contributed by atoms with van der Waals surface area (Å²) < 4.78 is 0. The first-order valence-electron chi connectivity index (χ1n) is 5.30. The van der Waals surface area contributed by atoms with Crippen LogP contribution in [0.25, 0.3) is 0 Å². The van der Waals surface area contributed by atoms with Gasteiger partial charge in [0.15, 0.2) is 5.13 Å². The van der Waals surface area contributed by atoms with Crippen molar-refractivity contribution in [3.05, 3.63) is 11.1 Å². The minimum absolute atomic E-state index is 0.161. The van der Waals surface area contributed by atoms with Gasteiger partial charge >= 0.3 is 0 Å². The Morgan fingerprint density at radius 3 is 2.71 bits per heavy atom. The summed E-state index contributed by atoms with van der Waals surface area (Å²) in [6, 6.07) is 0.161. The van der Waals surface area contributed by atoms with Gasteiger partial charge in [0.25, 0.3) is 0 Å². The van der Waals surface area contributed by atoms with Gasteiger partial charge in [0, 0.05) is 11.4 Å². The molecule has 6 nitrogen and oxygen atoms in total. The van der Waals surface area contributed by atoms with Crippen LogP contribution in [-0.2, 0) is 9.59 Å². The lowest BCUT2D eigenvalue weighted by atomic mass is 10.3. The summed E-state index contributed by atoms with van der Waals surface area (Å²) in [5, 5.41) is 8.01. The van der Waals surface area contributed by atoms with E-state index in [0.717, 1.165) is 5.69 Å². The third-order valence-electron chi connectivity index (χ3n) is 2.60. The minimum atomic E-state index is -0.278. The van der Waals surface area contributed by atoms with Crippen LogP contribution in [-0.4, -0.2) is 36.9 Å². The maximum absolute atomic E-state index is 11.2. The molecule has 0 spiro atoms. The molecule has 0 radical (unpaired) electrons. The van der Waals surface area contributed by atoms with E-state index in [2.05, 4.69) is 15.6 Å². The topological polar surface area (TPSA) is 74.3 Å². The predicted molar refractivity (Wildman–Crippen MR) is 65.0 cm³/mol. The van der Waals surface area contributed by atoms with Gasteiger partial charge in [0.2, 0.25) is 11.8 Å². The summed E-state index contributed by atoms with van der Waals surface area (Å²) in [5.41, 5.74) is 0.922. The van der Waals surface area contributed by atoms with Crippen molar-refractivity contribution in [2.45, 2.75) is 13.0 Å². The van der Waals surface area contributed by atoms with Crippen LogP contribution >= 0.6 is 11.3 Å². The van der Waals surface area contributed by atoms with Crippen LogP contribution in [0.1, 0.15) is 18.7 Å². The van der Waals surface area contributed by atoms with Gasteiger partial charge in [-0.05, 0) is 14.0 Å². The number of aromatic nitrogens is 1. The van der Waals surface area contributed by atoms with Crippen LogP contribution in [0.15, 0.2) is 5.38 Å². The van der Waals surface area contributed by atoms with E-state index >= 15 is 0 Å². The van der Waals surface area contributed by atoms with Crippen molar-refractivity contribution in [2.75, 3.05) is 25.0 Å². The molecule has 2 amide bonds. The highest BCUT2D eigenvalue weighted by Gasteiger charge is 2.24. The number of amides is 2. The minimum Gasteiger partial charge on any atom is -0.329 e. The summed E-state index contributed by atoms with van der Waals surface area (Å²) in [6.07, 6.45) is 0. The van der Waals surface area contributed by atoms with E-state index in [1.807, 2.05) is 19.4 Å². The van der Waals surface area contributed by atoms with Gasteiger partial charge < -0.3 is 10.2 Å². The van der Waals surface area contributed by atoms with E-state index in [-0.39, 0.29) is 30.9 Å². The maximum Gasteiger partial charge on any atom is 0.246 e. The van der Waals surface area contributed by atoms with Crippen molar-refractivity contribution in [1.29, 1.82) is 0 Å². The Morgan fingerprint density at radius 2 is 2.12 bits per heavy atom. The summed E-state index contributed by atoms with van der Waals surface area (Å²) >= 11 is 1.45. The zero-order valence-corrected chi connectivity index (χ0v) is 10.5. The number of hydrogen-bond donors (Lipinski definition) is 2. The lowest BCUT2D eigenvalue weighted by Crippen LogP contribution is -2.51. The molecule has 1 fully saturated rings. The largest absolute Gasteiger partial charge is 0.329 e. The molecule has 0 aliphatic carbocycles. The summed E-state index contributed by atoms with van der Waals surface area (Å²) in [4.78, 5) is 28.6. The highest BCUT2D eigenvalue weighted by atomic mass is 32.1. The van der Waals surface area contributed by atoms with Gasteiger partial charge in [0.1, 0.15) is 13.1 Å². The number of nitrogens with one attached hydrogen (secondary N) is 2. The van der Waals surface area contributed by atoms with Crippen molar-refractivity contribution in [2.24, 2.45) is 0 Å². The molecule has 1 aliphatic heterocycles. The summed E-state index contributed by atoms with van der Waals surface area (Å²) in [6.45, 7) is 2.38. The Kier molecular flexibility index (Phi) is 3.39. The fraction of sp³-hybridized carbons (Fsp3) is 0.500. The monoisotopic (exact) mass is 254 g/mol. The molecule has 1 aliphatic rings. The van der Waals surface area contributed by atoms with Crippen molar-refractivity contribution in [3.63, 3.8) is 0 Å². The first-order chi connectivity index (χ1) is 8.10. The molecule has 2 N–H and O–H groups in total.